The van der Waals surface area contributed by atoms with Crippen molar-refractivity contribution in [1.29, 1.82) is 0 Å². The second-order valence-corrected chi connectivity index (χ2v) is 32.4. The summed E-state index contributed by atoms with van der Waals surface area (Å²) >= 11 is 0. The Morgan fingerprint density at radius 1 is 0.349 bits per heavy atom. The maximum atomic E-state index is 13.4. The van der Waals surface area contributed by atoms with Gasteiger partial charge in [0.1, 0.15) is 238 Å². The summed E-state index contributed by atoms with van der Waals surface area (Å²) in [5, 5.41) is 343. The van der Waals surface area contributed by atoms with Crippen LogP contribution in [0.25, 0.3) is 0 Å². The van der Waals surface area contributed by atoms with Gasteiger partial charge in [0.05, 0.1) is 77.7 Å². The maximum absolute atomic E-state index is 13.4. The van der Waals surface area contributed by atoms with Gasteiger partial charge >= 0.3 is 5.97 Å². The van der Waals surface area contributed by atoms with Crippen molar-refractivity contribution in [2.24, 2.45) is 0 Å². The molecule has 0 saturated carbocycles. The van der Waals surface area contributed by atoms with Crippen LogP contribution in [-0.2, 0) is 114 Å². The first-order chi connectivity index (χ1) is 60.9. The lowest BCUT2D eigenvalue weighted by Gasteiger charge is -2.52. The van der Waals surface area contributed by atoms with Gasteiger partial charge in [-0.3, -0.25) is 19.2 Å². The normalized spacial score (nSPS) is 48.1. The molecule has 4 amide bonds. The van der Waals surface area contributed by atoms with Crippen molar-refractivity contribution >= 4 is 29.6 Å². The molecule has 746 valence electrons. The zero-order chi connectivity index (χ0) is 95.3. The third-order valence-electron chi connectivity index (χ3n) is 23.5. The smallest absolute Gasteiger partial charge is 0.364 e. The Hall–Kier alpha value is -4.57. The van der Waals surface area contributed by atoms with E-state index in [9.17, 15) is 177 Å². The third-order valence-corrected chi connectivity index (χ3v) is 23.5. The summed E-state index contributed by atoms with van der Waals surface area (Å²) in [6.45, 7) is -7.92. The molecular weight excluding hydrogens is 1770 g/mol. The van der Waals surface area contributed by atoms with Crippen molar-refractivity contribution in [2.45, 2.75) is 347 Å². The zero-order valence-corrected chi connectivity index (χ0v) is 68.9. The molecule has 10 heterocycles. The molecule has 34 N–H and O–H groups in total. The standard InChI is InChI=1S/C71H118N4O54/c1-16-35(90)45(100)48(103)64(113-16)112-15-29-54(43(98)32(61(108)114-29)72-17(2)84)122-62-33(73-18(3)85)44(99)53(27(12-82)120-62)123-67-51(106)58(42(97)28(121-67)14-111-65-50(105)57(40(95)25(10-80)116-65)125-66-49(104)46(101)37(92)22(7-77)117-66)126-69-60(47(102)38(93)23(8-78)119-69)127-63-34(74-19(4)86)55(39(94)24(9-79)115-63)124-68-52(107)59(41(96)26(11-81)118-68)129-71(70(109)110)5-20(87)31(75-30(89)13-83)56(128-71)36(91)21(88)6-76/h16,20-29,31-69,76-83,87-88,90-108H,5-15H2,1-4H3,(H,72,84)(H,73,85)(H,74,86)(H,75,89)(H,109,110)/t16-,20-,21+,22+,23+,24+,25+,26+,27+,28+,29+,31+,32+,33+,34+,35+,36+,37+,38+,39+,40+,41-,42+,43+,44+,45+,46-,47-,48-,49-,50-,51-,52+,53+,54+,55+,56+,57-,58-,59-,60-,61+,62-,63-,64+,65-,66+,67-,68-,69+,71-/m0/s1. The number of ether oxygens (including phenoxy) is 19. The number of hydrogen-bond acceptors (Lipinski definition) is 53. The fourth-order valence-electron chi connectivity index (χ4n) is 16.5. The molecule has 0 aromatic carbocycles. The Balaban J connectivity index is 0.977. The minimum Gasteiger partial charge on any atom is -0.477 e. The van der Waals surface area contributed by atoms with Crippen LogP contribution in [0, 0.1) is 0 Å². The van der Waals surface area contributed by atoms with Crippen LogP contribution < -0.4 is 21.3 Å². The van der Waals surface area contributed by atoms with Gasteiger partial charge in [-0.2, -0.15) is 0 Å². The molecule has 10 fully saturated rings. The molecule has 10 saturated heterocycles. The molecule has 0 unspecified atom stereocenters. The minimum absolute atomic E-state index is 0.833. The summed E-state index contributed by atoms with van der Waals surface area (Å²) in [7, 11) is 0. The summed E-state index contributed by atoms with van der Waals surface area (Å²) in [5.74, 6) is -9.90. The topological polar surface area (TPSA) is 916 Å². The molecule has 10 rings (SSSR count). The number of amides is 4. The van der Waals surface area contributed by atoms with Crippen LogP contribution >= 0.6 is 0 Å². The quantitative estimate of drug-likeness (QED) is 0.0280. The van der Waals surface area contributed by atoms with Gasteiger partial charge in [0.25, 0.3) is 5.79 Å². The predicted molar refractivity (Wildman–Crippen MR) is 393 cm³/mol. The highest BCUT2D eigenvalue weighted by atomic mass is 16.8. The molecule has 129 heavy (non-hydrogen) atoms. The van der Waals surface area contributed by atoms with E-state index in [0.717, 1.165) is 20.8 Å². The van der Waals surface area contributed by atoms with Gasteiger partial charge in [0.2, 0.25) is 23.6 Å². The van der Waals surface area contributed by atoms with E-state index in [1.165, 1.54) is 6.92 Å². The van der Waals surface area contributed by atoms with Crippen molar-refractivity contribution in [3.63, 3.8) is 0 Å². The highest BCUT2D eigenvalue weighted by Gasteiger charge is 2.64. The van der Waals surface area contributed by atoms with Crippen LogP contribution in [0.1, 0.15) is 34.1 Å². The van der Waals surface area contributed by atoms with E-state index in [-0.39, 0.29) is 0 Å². The number of carbonyl (C=O) groups is 5. The van der Waals surface area contributed by atoms with Crippen molar-refractivity contribution in [1.82, 2.24) is 21.3 Å². The number of hydrogen-bond donors (Lipinski definition) is 34. The molecule has 10 aliphatic rings. The van der Waals surface area contributed by atoms with Gasteiger partial charge in [0, 0.05) is 27.2 Å². The number of aliphatic carboxylic acids is 1. The highest BCUT2D eigenvalue weighted by Crippen LogP contribution is 2.43. The molecule has 0 aromatic rings. The van der Waals surface area contributed by atoms with Crippen LogP contribution in [0.2, 0.25) is 0 Å². The average molecular weight is 1890 g/mol. The van der Waals surface area contributed by atoms with Gasteiger partial charge in [0.15, 0.2) is 56.6 Å². The first-order valence-electron chi connectivity index (χ1n) is 40.8. The number of carbonyl (C=O) groups excluding carboxylic acids is 4. The minimum atomic E-state index is -3.42. The molecule has 51 atom stereocenters. The van der Waals surface area contributed by atoms with Gasteiger partial charge < -0.3 is 264 Å². The summed E-state index contributed by atoms with van der Waals surface area (Å²) in [6.07, 6.45) is -102. The largest absolute Gasteiger partial charge is 0.477 e. The van der Waals surface area contributed by atoms with E-state index in [4.69, 9.17) is 90.0 Å². The van der Waals surface area contributed by atoms with Crippen LogP contribution in [-0.4, -0.2) is 561 Å². The lowest BCUT2D eigenvalue weighted by Crippen LogP contribution is -2.72. The maximum Gasteiger partial charge on any atom is 0.364 e. The van der Waals surface area contributed by atoms with Gasteiger partial charge in [-0.1, -0.05) is 0 Å². The van der Waals surface area contributed by atoms with E-state index in [2.05, 4.69) is 21.3 Å². The number of nitrogens with one attached hydrogen (secondary N) is 4. The second-order valence-electron chi connectivity index (χ2n) is 32.4. The van der Waals surface area contributed by atoms with Gasteiger partial charge in [-0.25, -0.2) is 4.79 Å². The lowest BCUT2D eigenvalue weighted by atomic mass is 9.88. The Bertz CT molecular complexity index is 3550. The lowest BCUT2D eigenvalue weighted by molar-refractivity contribution is -0.400. The average Bonchev–Trinajstić information content (AvgIpc) is 0.748. The Morgan fingerprint density at radius 3 is 1.28 bits per heavy atom. The first kappa shape index (κ1) is 106. The highest BCUT2D eigenvalue weighted by molar-refractivity contribution is 5.78. The molecule has 0 spiro atoms. The number of aliphatic hydroxyl groups excluding tert-OH is 29. The zero-order valence-electron chi connectivity index (χ0n) is 68.9. The van der Waals surface area contributed by atoms with E-state index in [0.29, 0.717) is 0 Å². The predicted octanol–water partition coefficient (Wildman–Crippen LogP) is -23.0. The van der Waals surface area contributed by atoms with E-state index in [1.54, 1.807) is 0 Å². The summed E-state index contributed by atoms with van der Waals surface area (Å²) in [6, 6.07) is -7.95. The van der Waals surface area contributed by atoms with E-state index >= 15 is 0 Å². The fourth-order valence-corrected chi connectivity index (χ4v) is 16.5. The fraction of sp³-hybridized carbons (Fsp3) is 0.930. The van der Waals surface area contributed by atoms with E-state index in [1.807, 2.05) is 0 Å². The van der Waals surface area contributed by atoms with Crippen LogP contribution in [0.4, 0.5) is 0 Å². The third kappa shape index (κ3) is 23.5. The van der Waals surface area contributed by atoms with Crippen LogP contribution in [0.5, 0.6) is 0 Å². The van der Waals surface area contributed by atoms with Crippen LogP contribution in [0.15, 0.2) is 0 Å². The molecule has 58 nitrogen and oxygen atoms in total. The molecule has 0 aromatic heterocycles. The number of carboxylic acids is 1. The molecule has 0 bridgehead atoms. The summed E-state index contributed by atoms with van der Waals surface area (Å²) in [4.78, 5) is 65.0. The second kappa shape index (κ2) is 46.1. The summed E-state index contributed by atoms with van der Waals surface area (Å²) < 4.78 is 112. The van der Waals surface area contributed by atoms with Crippen LogP contribution in [0.3, 0.4) is 0 Å². The van der Waals surface area contributed by atoms with E-state index < -0.39 is 414 Å². The SMILES string of the molecule is CC(=O)N[C@@H]1[C@@H](O)[C@H](O[C@@H]2O[C@H](CO)[C@@H](O[C@@H]3O[C@H](CO[C@H]4O[C@H](CO)[C@@H](O)[C@H](O[C@H]5O[C@H](CO)[C@@H](O)[C@H](O)[C@@H]5O)[C@@H]4O)[C@@H](O)[C@H](O[C@H]4O[C@H](CO)[C@@H](O)[C@H](O)[C@@H]4O[C@@H]4O[C@H](CO)[C@@H](O)[C@H](O[C@@H]5O[C@H](CO)[C@H](O)[C@H](O[C@]6(C(=O)O)C[C@H](O)[C@@H](NC(=O)CO)[C@H]([C@H](O)[C@H](O)CO)O6)[C@H]5O)[C@H]4NC(C)=O)[C@@H]3O)[C@H](O)[C@H]2NC(C)=O)[C@@H](CO[C@@H]2O[C@@H](C)[C@@H](O)[C@@H](O)[C@@H]2O)O[C@H]1O. The van der Waals surface area contributed by atoms with Crippen molar-refractivity contribution in [2.75, 3.05) is 66.1 Å². The molecule has 0 aliphatic carbocycles. The first-order valence-corrected chi connectivity index (χ1v) is 40.8. The van der Waals surface area contributed by atoms with Gasteiger partial charge in [-0.15, -0.1) is 0 Å². The van der Waals surface area contributed by atoms with Crippen molar-refractivity contribution < 1.29 is 267 Å². The van der Waals surface area contributed by atoms with Crippen molar-refractivity contribution in [3.05, 3.63) is 0 Å². The molecule has 58 heteroatoms. The Kier molecular flexibility index (Phi) is 38.0. The Labute approximate surface area is 728 Å². The molecule has 0 radical (unpaired) electrons. The monoisotopic (exact) mass is 1890 g/mol. The summed E-state index contributed by atoms with van der Waals surface area (Å²) in [5.41, 5.74) is 0. The number of rotatable bonds is 35. The molecular formula is C71H118N4O54. The number of aliphatic hydroxyl groups is 29. The Morgan fingerprint density at radius 2 is 0.729 bits per heavy atom. The number of carboxylic acid groups (broad SMARTS) is 1. The van der Waals surface area contributed by atoms with Gasteiger partial charge in [-0.05, 0) is 6.92 Å². The molecule has 10 aliphatic heterocycles. The van der Waals surface area contributed by atoms with Crippen molar-refractivity contribution in [3.8, 4) is 0 Å².